The van der Waals surface area contributed by atoms with Crippen molar-refractivity contribution in [1.29, 1.82) is 0 Å². The van der Waals surface area contributed by atoms with Gasteiger partial charge in [0, 0.05) is 17.3 Å². The van der Waals surface area contributed by atoms with Crippen molar-refractivity contribution in [2.45, 2.75) is 45.6 Å². The van der Waals surface area contributed by atoms with E-state index in [1.807, 2.05) is 6.92 Å². The van der Waals surface area contributed by atoms with Gasteiger partial charge in [0.15, 0.2) is 0 Å². The Balaban J connectivity index is 1.83. The standard InChI is InChI=1S/C18H26N4O3/c1-11-5-3-4-6-14(11)21-18(25)22-16(23)10-20-15-9-13(17(19)24)8-7-12(15)2/h7-9,11,14,20H,3-6,10H2,1-2H3,(H2,19,24)(H2,21,22,23,25). The highest BCUT2D eigenvalue weighted by atomic mass is 16.2. The van der Waals surface area contributed by atoms with E-state index in [0.717, 1.165) is 24.8 Å². The molecule has 0 radical (unpaired) electrons. The van der Waals surface area contributed by atoms with Crippen LogP contribution in [0.2, 0.25) is 0 Å². The molecular weight excluding hydrogens is 320 g/mol. The number of nitrogens with two attached hydrogens (primary N) is 1. The first-order valence-electron chi connectivity index (χ1n) is 8.61. The Bertz CT molecular complexity index is 660. The number of carbonyl (C=O) groups is 3. The molecule has 4 amide bonds. The summed E-state index contributed by atoms with van der Waals surface area (Å²) in [7, 11) is 0. The summed E-state index contributed by atoms with van der Waals surface area (Å²) in [6.07, 6.45) is 4.32. The second-order valence-electron chi connectivity index (χ2n) is 6.64. The molecule has 136 valence electrons. The molecule has 0 bridgehead atoms. The summed E-state index contributed by atoms with van der Waals surface area (Å²) in [5, 5.41) is 8.13. The van der Waals surface area contributed by atoms with Gasteiger partial charge in [-0.3, -0.25) is 14.9 Å². The molecule has 0 aliphatic heterocycles. The van der Waals surface area contributed by atoms with Crippen LogP contribution >= 0.6 is 0 Å². The van der Waals surface area contributed by atoms with Crippen molar-refractivity contribution < 1.29 is 14.4 Å². The maximum absolute atomic E-state index is 12.0. The number of urea groups is 1. The molecule has 2 atom stereocenters. The van der Waals surface area contributed by atoms with Gasteiger partial charge in [-0.2, -0.15) is 0 Å². The molecule has 1 aliphatic carbocycles. The van der Waals surface area contributed by atoms with Gasteiger partial charge in [-0.05, 0) is 43.4 Å². The molecule has 7 nitrogen and oxygen atoms in total. The van der Waals surface area contributed by atoms with Crippen LogP contribution in [-0.4, -0.2) is 30.4 Å². The minimum atomic E-state index is -0.534. The Labute approximate surface area is 147 Å². The fourth-order valence-electron chi connectivity index (χ4n) is 3.05. The third-order valence-corrected chi connectivity index (χ3v) is 4.64. The largest absolute Gasteiger partial charge is 0.376 e. The average Bonchev–Trinajstić information content (AvgIpc) is 2.56. The number of rotatable bonds is 5. The van der Waals surface area contributed by atoms with E-state index in [9.17, 15) is 14.4 Å². The summed E-state index contributed by atoms with van der Waals surface area (Å²) < 4.78 is 0. The second-order valence-corrected chi connectivity index (χ2v) is 6.64. The van der Waals surface area contributed by atoms with Crippen LogP contribution in [0.1, 0.15) is 48.5 Å². The first kappa shape index (κ1) is 18.8. The highest BCUT2D eigenvalue weighted by Crippen LogP contribution is 2.23. The van der Waals surface area contributed by atoms with Crippen LogP contribution in [0.25, 0.3) is 0 Å². The molecule has 25 heavy (non-hydrogen) atoms. The second kappa shape index (κ2) is 8.50. The van der Waals surface area contributed by atoms with E-state index in [2.05, 4.69) is 22.9 Å². The van der Waals surface area contributed by atoms with Crippen molar-refractivity contribution in [3.8, 4) is 0 Å². The van der Waals surface area contributed by atoms with Gasteiger partial charge in [0.25, 0.3) is 0 Å². The molecule has 2 unspecified atom stereocenters. The average molecular weight is 346 g/mol. The van der Waals surface area contributed by atoms with E-state index in [1.165, 1.54) is 6.42 Å². The molecule has 0 spiro atoms. The van der Waals surface area contributed by atoms with Crippen molar-refractivity contribution in [2.75, 3.05) is 11.9 Å². The molecule has 5 N–H and O–H groups in total. The van der Waals surface area contributed by atoms with Crippen LogP contribution in [0.5, 0.6) is 0 Å². The van der Waals surface area contributed by atoms with Crippen LogP contribution in [0.4, 0.5) is 10.5 Å². The molecule has 1 fully saturated rings. The maximum atomic E-state index is 12.0. The topological polar surface area (TPSA) is 113 Å². The lowest BCUT2D eigenvalue weighted by Crippen LogP contribution is -2.48. The molecular formula is C18H26N4O3. The van der Waals surface area contributed by atoms with E-state index >= 15 is 0 Å². The number of anilines is 1. The van der Waals surface area contributed by atoms with Gasteiger partial charge in [-0.25, -0.2) is 4.79 Å². The van der Waals surface area contributed by atoms with Crippen LogP contribution in [-0.2, 0) is 4.79 Å². The summed E-state index contributed by atoms with van der Waals surface area (Å²) in [6, 6.07) is 4.62. The van der Waals surface area contributed by atoms with Crippen LogP contribution in [0.15, 0.2) is 18.2 Å². The summed E-state index contributed by atoms with van der Waals surface area (Å²) in [4.78, 5) is 35.1. The Morgan fingerprint density at radius 3 is 2.60 bits per heavy atom. The number of hydrogen-bond donors (Lipinski definition) is 4. The monoisotopic (exact) mass is 346 g/mol. The fraction of sp³-hybridized carbons (Fsp3) is 0.500. The minimum Gasteiger partial charge on any atom is -0.376 e. The quantitative estimate of drug-likeness (QED) is 0.652. The minimum absolute atomic E-state index is 0.0727. The van der Waals surface area contributed by atoms with E-state index in [4.69, 9.17) is 5.73 Å². The fourth-order valence-corrected chi connectivity index (χ4v) is 3.05. The Morgan fingerprint density at radius 1 is 1.20 bits per heavy atom. The predicted octanol–water partition coefficient (Wildman–Crippen LogP) is 1.91. The number of primary amides is 1. The van der Waals surface area contributed by atoms with Gasteiger partial charge in [0.1, 0.15) is 0 Å². The van der Waals surface area contributed by atoms with Crippen LogP contribution in [0.3, 0.4) is 0 Å². The zero-order valence-electron chi connectivity index (χ0n) is 14.7. The molecule has 0 saturated heterocycles. The first-order valence-corrected chi connectivity index (χ1v) is 8.61. The molecule has 7 heteroatoms. The summed E-state index contributed by atoms with van der Waals surface area (Å²) in [6.45, 7) is 3.89. The van der Waals surface area contributed by atoms with E-state index in [-0.39, 0.29) is 12.6 Å². The van der Waals surface area contributed by atoms with Gasteiger partial charge in [0.2, 0.25) is 11.8 Å². The van der Waals surface area contributed by atoms with Crippen molar-refractivity contribution in [3.63, 3.8) is 0 Å². The van der Waals surface area contributed by atoms with Crippen molar-refractivity contribution in [2.24, 2.45) is 11.7 Å². The van der Waals surface area contributed by atoms with Crippen molar-refractivity contribution in [3.05, 3.63) is 29.3 Å². The molecule has 1 aliphatic rings. The number of hydrogen-bond acceptors (Lipinski definition) is 4. The van der Waals surface area contributed by atoms with Crippen LogP contribution < -0.4 is 21.7 Å². The van der Waals surface area contributed by atoms with E-state index in [1.54, 1.807) is 18.2 Å². The first-order chi connectivity index (χ1) is 11.9. The van der Waals surface area contributed by atoms with Crippen LogP contribution in [0, 0.1) is 12.8 Å². The maximum Gasteiger partial charge on any atom is 0.321 e. The number of nitrogens with one attached hydrogen (secondary N) is 3. The van der Waals surface area contributed by atoms with Gasteiger partial charge in [0.05, 0.1) is 6.54 Å². The summed E-state index contributed by atoms with van der Waals surface area (Å²) in [5.41, 5.74) is 7.12. The third-order valence-electron chi connectivity index (χ3n) is 4.64. The Kier molecular flexibility index (Phi) is 6.38. The lowest BCUT2D eigenvalue weighted by atomic mass is 9.86. The normalized spacial score (nSPS) is 19.8. The SMILES string of the molecule is Cc1ccc(C(N)=O)cc1NCC(=O)NC(=O)NC1CCCCC1C. The molecule has 2 rings (SSSR count). The number of imide groups is 1. The molecule has 0 heterocycles. The number of aryl methyl sites for hydroxylation is 1. The summed E-state index contributed by atoms with van der Waals surface area (Å²) >= 11 is 0. The van der Waals surface area contributed by atoms with E-state index in [0.29, 0.717) is 17.2 Å². The highest BCUT2D eigenvalue weighted by Gasteiger charge is 2.23. The Morgan fingerprint density at radius 2 is 1.92 bits per heavy atom. The van der Waals surface area contributed by atoms with Gasteiger partial charge >= 0.3 is 6.03 Å². The van der Waals surface area contributed by atoms with Gasteiger partial charge in [-0.1, -0.05) is 25.8 Å². The molecule has 1 aromatic rings. The zero-order chi connectivity index (χ0) is 18.4. The zero-order valence-corrected chi connectivity index (χ0v) is 14.7. The third kappa shape index (κ3) is 5.48. The van der Waals surface area contributed by atoms with Crippen molar-refractivity contribution in [1.82, 2.24) is 10.6 Å². The summed E-state index contributed by atoms with van der Waals surface area (Å²) in [5.74, 6) is -0.551. The lowest BCUT2D eigenvalue weighted by molar-refractivity contribution is -0.118. The molecule has 1 saturated carbocycles. The Hall–Kier alpha value is -2.57. The number of amides is 4. The molecule has 1 aromatic carbocycles. The van der Waals surface area contributed by atoms with Gasteiger partial charge < -0.3 is 16.4 Å². The number of benzene rings is 1. The lowest BCUT2D eigenvalue weighted by Gasteiger charge is -2.29. The van der Waals surface area contributed by atoms with Gasteiger partial charge in [-0.15, -0.1) is 0 Å². The molecule has 0 aromatic heterocycles. The smallest absolute Gasteiger partial charge is 0.321 e. The van der Waals surface area contributed by atoms with E-state index < -0.39 is 17.8 Å². The van der Waals surface area contributed by atoms with Crippen molar-refractivity contribution >= 4 is 23.5 Å². The predicted molar refractivity (Wildman–Crippen MR) is 96.3 cm³/mol. The number of carbonyl (C=O) groups excluding carboxylic acids is 3. The highest BCUT2D eigenvalue weighted by molar-refractivity contribution is 5.97.